The zero-order valence-electron chi connectivity index (χ0n) is 24.2. The molecule has 6 nitrogen and oxygen atoms in total. The van der Waals surface area contributed by atoms with Gasteiger partial charge in [0.1, 0.15) is 0 Å². The third-order valence-corrected chi connectivity index (χ3v) is 13.9. The summed E-state index contributed by atoms with van der Waals surface area (Å²) in [5.41, 5.74) is 0. The molecule has 0 aromatic carbocycles. The van der Waals surface area contributed by atoms with Crippen molar-refractivity contribution in [2.75, 3.05) is 54.0 Å². The minimum absolute atomic E-state index is 0.0196. The van der Waals surface area contributed by atoms with E-state index in [1.165, 1.54) is 0 Å². The van der Waals surface area contributed by atoms with Gasteiger partial charge in [0.25, 0.3) is 0 Å². The molecule has 0 fully saturated rings. The predicted octanol–water partition coefficient (Wildman–Crippen LogP) is 4.59. The van der Waals surface area contributed by atoms with Crippen molar-refractivity contribution in [3.63, 3.8) is 0 Å². The van der Waals surface area contributed by atoms with Gasteiger partial charge in [0.2, 0.25) is 0 Å². The van der Waals surface area contributed by atoms with Crippen molar-refractivity contribution in [3.8, 4) is 0 Å². The Morgan fingerprint density at radius 3 is 1.15 bits per heavy atom. The first-order chi connectivity index (χ1) is 15.1. The normalized spacial score (nSPS) is 17.1. The van der Waals surface area contributed by atoms with Gasteiger partial charge in [-0.05, 0) is 116 Å². The van der Waals surface area contributed by atoms with Crippen LogP contribution in [0.3, 0.4) is 0 Å². The molecule has 0 spiro atoms. The van der Waals surface area contributed by atoms with Gasteiger partial charge in [-0.1, -0.05) is 20.8 Å². The molecule has 0 radical (unpaired) electrons. The Morgan fingerprint density at radius 2 is 0.848 bits per heavy atom. The van der Waals surface area contributed by atoms with Crippen molar-refractivity contribution in [2.24, 2.45) is 17.8 Å². The summed E-state index contributed by atoms with van der Waals surface area (Å²) in [6, 6.07) is 3.46. The minimum atomic E-state index is -1.84. The first-order valence-corrected chi connectivity index (χ1v) is 22.4. The van der Waals surface area contributed by atoms with Gasteiger partial charge in [-0.25, -0.2) is 0 Å². The van der Waals surface area contributed by atoms with Gasteiger partial charge < -0.3 is 29.2 Å². The molecule has 0 aromatic rings. The van der Waals surface area contributed by atoms with E-state index in [0.717, 1.165) is 37.8 Å². The van der Waals surface area contributed by atoms with Crippen LogP contribution in [-0.2, 0) is 13.3 Å². The number of hydrogen-bond acceptors (Lipinski definition) is 6. The number of nitrogens with one attached hydrogen (secondary N) is 3. The lowest BCUT2D eigenvalue weighted by Gasteiger charge is -2.36. The van der Waals surface area contributed by atoms with Crippen LogP contribution in [0.15, 0.2) is 0 Å². The summed E-state index contributed by atoms with van der Waals surface area (Å²) in [7, 11) is 0.711. The summed E-state index contributed by atoms with van der Waals surface area (Å²) in [5.74, 6) is 1.86. The quantitative estimate of drug-likeness (QED) is 0.204. The number of rotatable bonds is 20. The van der Waals surface area contributed by atoms with Crippen molar-refractivity contribution in [1.82, 2.24) is 16.0 Å². The fourth-order valence-electron chi connectivity index (χ4n) is 5.15. The van der Waals surface area contributed by atoms with Crippen LogP contribution in [0.5, 0.6) is 0 Å². The molecule has 0 aliphatic carbocycles. The zero-order valence-corrected chi connectivity index (χ0v) is 27.2. The van der Waals surface area contributed by atoms with E-state index >= 15 is 0 Å². The van der Waals surface area contributed by atoms with E-state index in [2.05, 4.69) is 76.0 Å². The molecule has 0 saturated carbocycles. The fourth-order valence-corrected chi connectivity index (χ4v) is 13.3. The molecule has 0 bridgehead atoms. The predicted molar refractivity (Wildman–Crippen MR) is 153 cm³/mol. The number of hydrogen-bond donors (Lipinski definition) is 3. The standard InChI is InChI=1S/C24H59N3O3Si3/c1-21(13-25-4)18-31(7,8)28-16-24(30-33(11,12)20-23(3)15-27-6)17-29-32(9,10)19-22(2)14-26-5/h21-27H,13-20H2,1-12H3. The second-order valence-corrected chi connectivity index (χ2v) is 24.8. The van der Waals surface area contributed by atoms with Gasteiger partial charge in [0.05, 0.1) is 19.3 Å². The smallest absolute Gasteiger partial charge is 0.187 e. The lowest BCUT2D eigenvalue weighted by Crippen LogP contribution is -2.46. The van der Waals surface area contributed by atoms with Crippen LogP contribution >= 0.6 is 0 Å². The van der Waals surface area contributed by atoms with Crippen molar-refractivity contribution in [2.45, 2.75) is 84.3 Å². The van der Waals surface area contributed by atoms with Crippen LogP contribution in [0, 0.1) is 17.8 Å². The second kappa shape index (κ2) is 16.2. The first kappa shape index (κ1) is 33.4. The topological polar surface area (TPSA) is 63.8 Å². The van der Waals surface area contributed by atoms with E-state index < -0.39 is 25.0 Å². The highest BCUT2D eigenvalue weighted by Crippen LogP contribution is 2.24. The van der Waals surface area contributed by atoms with Gasteiger partial charge in [-0.15, -0.1) is 0 Å². The third-order valence-electron chi connectivity index (χ3n) is 5.98. The van der Waals surface area contributed by atoms with Crippen LogP contribution in [-0.4, -0.2) is 85.0 Å². The molecule has 0 aromatic heterocycles. The van der Waals surface area contributed by atoms with Crippen molar-refractivity contribution in [3.05, 3.63) is 0 Å². The van der Waals surface area contributed by atoms with Gasteiger partial charge in [0.15, 0.2) is 25.0 Å². The highest BCUT2D eigenvalue weighted by atomic mass is 28.4. The summed E-state index contributed by atoms with van der Waals surface area (Å²) in [5, 5.41) is 9.91. The fraction of sp³-hybridized carbons (Fsp3) is 1.00. The molecular formula is C24H59N3O3Si3. The summed E-state index contributed by atoms with van der Waals surface area (Å²) in [6.07, 6.45) is 0.0196. The average molecular weight is 522 g/mol. The minimum Gasteiger partial charge on any atom is -0.415 e. The van der Waals surface area contributed by atoms with Crippen LogP contribution in [0.2, 0.25) is 57.4 Å². The molecule has 3 atom stereocenters. The summed E-state index contributed by atoms with van der Waals surface area (Å²) < 4.78 is 20.1. The van der Waals surface area contributed by atoms with E-state index in [-0.39, 0.29) is 6.10 Å². The molecule has 0 rings (SSSR count). The average Bonchev–Trinajstić information content (AvgIpc) is 2.63. The summed E-state index contributed by atoms with van der Waals surface area (Å²) in [6.45, 7) is 25.4. The molecule has 0 aliphatic rings. The largest absolute Gasteiger partial charge is 0.415 e. The van der Waals surface area contributed by atoms with Crippen LogP contribution in [0.1, 0.15) is 20.8 Å². The van der Waals surface area contributed by atoms with Crippen molar-refractivity contribution < 1.29 is 13.3 Å². The van der Waals surface area contributed by atoms with Gasteiger partial charge in [-0.2, -0.15) is 0 Å². The highest BCUT2D eigenvalue weighted by molar-refractivity contribution is 6.72. The molecule has 0 aliphatic heterocycles. The maximum absolute atomic E-state index is 6.83. The van der Waals surface area contributed by atoms with E-state index in [1.54, 1.807) is 0 Å². The lowest BCUT2D eigenvalue weighted by atomic mass is 10.2. The Morgan fingerprint density at radius 1 is 0.545 bits per heavy atom. The molecule has 0 amide bonds. The highest BCUT2D eigenvalue weighted by Gasteiger charge is 2.33. The maximum Gasteiger partial charge on any atom is 0.187 e. The van der Waals surface area contributed by atoms with Crippen LogP contribution in [0.4, 0.5) is 0 Å². The second-order valence-electron chi connectivity index (χ2n) is 12.2. The lowest BCUT2D eigenvalue weighted by molar-refractivity contribution is 0.0668. The van der Waals surface area contributed by atoms with Crippen molar-refractivity contribution >= 4 is 25.0 Å². The zero-order chi connectivity index (χ0) is 25.7. The molecular weight excluding hydrogens is 463 g/mol. The SMILES string of the molecule is CNCC(C)C[Si](C)(C)OCC(CO[Si](C)(C)CC(C)CNC)O[Si](C)(C)CC(C)CNC. The molecule has 9 heteroatoms. The van der Waals surface area contributed by atoms with Gasteiger partial charge in [-0.3, -0.25) is 0 Å². The van der Waals surface area contributed by atoms with E-state index in [9.17, 15) is 0 Å². The van der Waals surface area contributed by atoms with E-state index in [0.29, 0.717) is 31.0 Å². The first-order valence-electron chi connectivity index (χ1n) is 13.0. The Balaban J connectivity index is 5.18. The molecule has 3 N–H and O–H groups in total. The molecule has 0 saturated heterocycles. The van der Waals surface area contributed by atoms with Crippen molar-refractivity contribution in [1.29, 1.82) is 0 Å². The summed E-state index contributed by atoms with van der Waals surface area (Å²) >= 11 is 0. The maximum atomic E-state index is 6.83. The molecule has 3 unspecified atom stereocenters. The summed E-state index contributed by atoms with van der Waals surface area (Å²) in [4.78, 5) is 0. The molecule has 200 valence electrons. The Hall–Kier alpha value is 0.411. The van der Waals surface area contributed by atoms with Crippen LogP contribution in [0.25, 0.3) is 0 Å². The van der Waals surface area contributed by atoms with E-state index in [4.69, 9.17) is 13.3 Å². The third kappa shape index (κ3) is 17.5. The van der Waals surface area contributed by atoms with E-state index in [1.807, 2.05) is 21.1 Å². The Bertz CT molecular complexity index is 481. The van der Waals surface area contributed by atoms with Gasteiger partial charge >= 0.3 is 0 Å². The Kier molecular flexibility index (Phi) is 16.4. The molecule has 0 heterocycles. The Labute approximate surface area is 210 Å². The molecule has 33 heavy (non-hydrogen) atoms. The van der Waals surface area contributed by atoms with Crippen LogP contribution < -0.4 is 16.0 Å². The monoisotopic (exact) mass is 521 g/mol. The van der Waals surface area contributed by atoms with Gasteiger partial charge in [0, 0.05) is 0 Å².